The first kappa shape index (κ1) is 46.5. The fourth-order valence-electron chi connectivity index (χ4n) is 11.2. The van der Waals surface area contributed by atoms with Gasteiger partial charge < -0.3 is 33.9 Å². The van der Waals surface area contributed by atoms with Crippen LogP contribution in [0.2, 0.25) is 18.6 Å². The molecule has 0 aliphatic carbocycles. The molecule has 0 radical (unpaired) electrons. The van der Waals surface area contributed by atoms with Crippen molar-refractivity contribution in [2.75, 3.05) is 27.9 Å². The number of carbonyl (C=O) groups excluding carboxylic acids is 4. The van der Waals surface area contributed by atoms with Gasteiger partial charge >= 0.3 is 0 Å². The standard InChI is InChI=1S/C58H52N4O9Si/c1-37-54(72(2,3)68)52(34-53(64)59(30-31-63)35-38-16-5-4-6-17-38)71-58(37)44-33-41(62-47-23-10-14-27-51(47)70-49-25-12-8-21-43(49)56(62)66)28-29-45(44)60(57(58)67)36-39-18-15-19-40(32-39)61-46-22-9-13-26-50(46)69-48-24-11-7-20-42(48)55(61)65/h4-29,32-33,37,52,54,63,68H,30-31,34-36H2,1-3H3/t37-,52+,54-,58+/m0/s1. The van der Waals surface area contributed by atoms with Crippen LogP contribution >= 0.6 is 0 Å². The molecule has 4 heterocycles. The van der Waals surface area contributed by atoms with Crippen molar-refractivity contribution in [3.8, 4) is 23.0 Å². The monoisotopic (exact) mass is 976 g/mol. The smallest absolute Gasteiger partial charge is 0.266 e. The molecule has 0 bridgehead atoms. The first-order chi connectivity index (χ1) is 34.8. The van der Waals surface area contributed by atoms with Crippen LogP contribution < -0.4 is 24.2 Å². The lowest BCUT2D eigenvalue weighted by molar-refractivity contribution is -0.150. The number of nitrogens with zero attached hydrogens (tertiary/aromatic N) is 4. The molecule has 0 unspecified atom stereocenters. The molecule has 2 N–H and O–H groups in total. The van der Waals surface area contributed by atoms with Crippen molar-refractivity contribution in [3.63, 3.8) is 0 Å². The molecule has 1 saturated heterocycles. The zero-order valence-electron chi connectivity index (χ0n) is 40.0. The second-order valence-corrected chi connectivity index (χ2v) is 23.2. The summed E-state index contributed by atoms with van der Waals surface area (Å²) in [5.41, 5.74) is 3.07. The molecular formula is C58H52N4O9Si. The fraction of sp³-hybridized carbons (Fsp3) is 0.207. The van der Waals surface area contributed by atoms with Crippen LogP contribution in [0.5, 0.6) is 23.0 Å². The number of hydrogen-bond donors (Lipinski definition) is 2. The molecule has 4 aliphatic heterocycles. The van der Waals surface area contributed by atoms with E-state index in [-0.39, 0.29) is 50.4 Å². The Morgan fingerprint density at radius 3 is 1.78 bits per heavy atom. The van der Waals surface area contributed by atoms with Gasteiger partial charge in [0.25, 0.3) is 17.7 Å². The van der Waals surface area contributed by atoms with Gasteiger partial charge in [-0.1, -0.05) is 97.9 Å². The van der Waals surface area contributed by atoms with Gasteiger partial charge in [-0.15, -0.1) is 0 Å². The number of para-hydroxylation sites is 6. The third kappa shape index (κ3) is 7.92. The van der Waals surface area contributed by atoms with E-state index in [0.717, 1.165) is 5.56 Å². The molecular weight excluding hydrogens is 925 g/mol. The van der Waals surface area contributed by atoms with Crippen molar-refractivity contribution in [2.45, 2.75) is 56.8 Å². The van der Waals surface area contributed by atoms with Gasteiger partial charge in [0.1, 0.15) is 11.5 Å². The molecule has 72 heavy (non-hydrogen) atoms. The zero-order chi connectivity index (χ0) is 49.9. The van der Waals surface area contributed by atoms with Crippen LogP contribution in [0.25, 0.3) is 0 Å². The van der Waals surface area contributed by atoms with Crippen molar-refractivity contribution in [2.24, 2.45) is 5.92 Å². The van der Waals surface area contributed by atoms with Crippen LogP contribution in [0.15, 0.2) is 170 Å². The highest BCUT2D eigenvalue weighted by molar-refractivity contribution is 6.71. The van der Waals surface area contributed by atoms with E-state index >= 15 is 4.79 Å². The number of anilines is 5. The summed E-state index contributed by atoms with van der Waals surface area (Å²) in [7, 11) is -3.27. The number of benzene rings is 7. The summed E-state index contributed by atoms with van der Waals surface area (Å²) in [6, 6.07) is 51.3. The Labute approximate surface area is 418 Å². The molecule has 13 nitrogen and oxygen atoms in total. The number of rotatable bonds is 11. The summed E-state index contributed by atoms with van der Waals surface area (Å²) in [5, 5.41) is 10.1. The van der Waals surface area contributed by atoms with Gasteiger partial charge in [0.05, 0.1) is 53.9 Å². The van der Waals surface area contributed by atoms with E-state index in [0.29, 0.717) is 73.7 Å². The Balaban J connectivity index is 1.02. The lowest BCUT2D eigenvalue weighted by atomic mass is 9.82. The summed E-state index contributed by atoms with van der Waals surface area (Å²) in [5.74, 6) is -0.153. The number of fused-ring (bicyclic) bond motifs is 6. The predicted molar refractivity (Wildman–Crippen MR) is 276 cm³/mol. The summed E-state index contributed by atoms with van der Waals surface area (Å²) in [6.07, 6.45) is -1.06. The number of carbonyl (C=O) groups is 4. The molecule has 11 rings (SSSR count). The molecule has 4 atom stereocenters. The third-order valence-corrected chi connectivity index (χ3v) is 16.8. The van der Waals surface area contributed by atoms with E-state index < -0.39 is 37.4 Å². The van der Waals surface area contributed by atoms with E-state index in [1.165, 1.54) is 0 Å². The van der Waals surface area contributed by atoms with Gasteiger partial charge in [0, 0.05) is 41.5 Å². The van der Waals surface area contributed by atoms with Crippen LogP contribution in [-0.4, -0.2) is 66.0 Å². The highest BCUT2D eigenvalue weighted by Crippen LogP contribution is 2.61. The molecule has 7 aromatic carbocycles. The highest BCUT2D eigenvalue weighted by Gasteiger charge is 2.66. The van der Waals surface area contributed by atoms with Gasteiger partial charge in [-0.2, -0.15) is 0 Å². The minimum absolute atomic E-state index is 0.0515. The quantitative estimate of drug-likeness (QED) is 0.121. The number of ether oxygens (including phenoxy) is 3. The van der Waals surface area contributed by atoms with Crippen LogP contribution in [-0.2, 0) is 33.0 Å². The SMILES string of the molecule is C[C@H]1[C@H]([Si](C)(C)O)[C@@H](CC(=O)N(CCO)Cc2ccccc2)O[C@]12C(=O)N(Cc1cccc(N3C(=O)c4ccccc4Oc4ccccc43)c1)c1ccc(N3C(=O)c4ccccc4Oc4ccccc43)cc12. The largest absolute Gasteiger partial charge is 0.454 e. The van der Waals surface area contributed by atoms with Gasteiger partial charge in [0.2, 0.25) is 5.91 Å². The summed E-state index contributed by atoms with van der Waals surface area (Å²) < 4.78 is 19.9. The van der Waals surface area contributed by atoms with Gasteiger partial charge in [-0.3, -0.25) is 29.0 Å². The number of aliphatic hydroxyl groups excluding tert-OH is 1. The first-order valence-corrected chi connectivity index (χ1v) is 27.2. The molecule has 4 aliphatic rings. The average molecular weight is 977 g/mol. The Kier molecular flexibility index (Phi) is 11.9. The predicted octanol–water partition coefficient (Wildman–Crippen LogP) is 10.6. The van der Waals surface area contributed by atoms with Gasteiger partial charge in [-0.05, 0) is 103 Å². The maximum atomic E-state index is 16.0. The Morgan fingerprint density at radius 1 is 0.639 bits per heavy atom. The fourth-order valence-corrected chi connectivity index (χ4v) is 13.7. The normalized spacial score (nSPS) is 19.9. The van der Waals surface area contributed by atoms with Crippen molar-refractivity contribution >= 4 is 60.4 Å². The summed E-state index contributed by atoms with van der Waals surface area (Å²) >= 11 is 0. The minimum atomic E-state index is -3.27. The number of aliphatic hydroxyl groups is 1. The number of hydrogen-bond acceptors (Lipinski definition) is 9. The Hall–Kier alpha value is -7.88. The minimum Gasteiger partial charge on any atom is -0.454 e. The average Bonchev–Trinajstić information content (AvgIpc) is 3.69. The first-order valence-electron chi connectivity index (χ1n) is 24.1. The highest BCUT2D eigenvalue weighted by atomic mass is 28.4. The lowest BCUT2D eigenvalue weighted by Crippen LogP contribution is -2.46. The van der Waals surface area contributed by atoms with Crippen LogP contribution in [0.1, 0.15) is 50.8 Å². The molecule has 0 aromatic heterocycles. The van der Waals surface area contributed by atoms with Crippen LogP contribution in [0, 0.1) is 5.92 Å². The molecule has 1 spiro atoms. The number of amides is 4. The topological polar surface area (TPSA) is 149 Å². The van der Waals surface area contributed by atoms with Crippen molar-refractivity contribution in [3.05, 3.63) is 198 Å². The van der Waals surface area contributed by atoms with Gasteiger partial charge in [-0.25, -0.2) is 0 Å². The zero-order valence-corrected chi connectivity index (χ0v) is 41.0. The molecule has 362 valence electrons. The Bertz CT molecular complexity index is 3290. The lowest BCUT2D eigenvalue weighted by Gasteiger charge is -2.33. The van der Waals surface area contributed by atoms with E-state index in [1.807, 2.05) is 128 Å². The molecule has 0 saturated carbocycles. The summed E-state index contributed by atoms with van der Waals surface area (Å²) in [4.78, 5) is 78.5. The molecule has 1 fully saturated rings. The maximum Gasteiger partial charge on any atom is 0.266 e. The van der Waals surface area contributed by atoms with E-state index in [9.17, 15) is 24.3 Å². The van der Waals surface area contributed by atoms with Gasteiger partial charge in [0.15, 0.2) is 25.4 Å². The van der Waals surface area contributed by atoms with Crippen LogP contribution in [0.4, 0.5) is 28.4 Å². The second kappa shape index (κ2) is 18.4. The van der Waals surface area contributed by atoms with Crippen molar-refractivity contribution in [1.82, 2.24) is 4.90 Å². The third-order valence-electron chi connectivity index (χ3n) is 14.3. The van der Waals surface area contributed by atoms with E-state index in [2.05, 4.69) is 0 Å². The van der Waals surface area contributed by atoms with E-state index in [1.54, 1.807) is 81.2 Å². The van der Waals surface area contributed by atoms with Crippen molar-refractivity contribution in [1.29, 1.82) is 0 Å². The molecule has 4 amide bonds. The molecule has 7 aromatic rings. The second-order valence-electron chi connectivity index (χ2n) is 19.3. The van der Waals surface area contributed by atoms with Crippen molar-refractivity contribution < 1.29 is 43.3 Å². The Morgan fingerprint density at radius 2 is 1.18 bits per heavy atom. The van der Waals surface area contributed by atoms with E-state index in [4.69, 9.17) is 14.2 Å². The summed E-state index contributed by atoms with van der Waals surface area (Å²) in [6.45, 7) is 5.65. The van der Waals surface area contributed by atoms with Crippen LogP contribution in [0.3, 0.4) is 0 Å². The molecule has 14 heteroatoms. The maximum absolute atomic E-state index is 16.0.